The lowest BCUT2D eigenvalue weighted by Gasteiger charge is -2.15. The number of halogens is 1. The minimum Gasteiger partial charge on any atom is -0.490 e. The molecule has 8 nitrogen and oxygen atoms in total. The van der Waals surface area contributed by atoms with E-state index in [2.05, 4.69) is 15.6 Å². The maximum Gasteiger partial charge on any atom is 0.338 e. The summed E-state index contributed by atoms with van der Waals surface area (Å²) in [4.78, 5) is 34.0. The van der Waals surface area contributed by atoms with Gasteiger partial charge in [0, 0.05) is 40.2 Å². The number of benzene rings is 4. The Hall–Kier alpha value is -5.31. The van der Waals surface area contributed by atoms with Gasteiger partial charge in [-0.2, -0.15) is 0 Å². The van der Waals surface area contributed by atoms with Crippen molar-refractivity contribution < 1.29 is 23.5 Å². The second kappa shape index (κ2) is 12.7. The van der Waals surface area contributed by atoms with Gasteiger partial charge < -0.3 is 20.1 Å². The van der Waals surface area contributed by atoms with E-state index in [-0.39, 0.29) is 24.4 Å². The highest BCUT2D eigenvalue weighted by Gasteiger charge is 2.13. The molecule has 2 N–H and O–H groups in total. The zero-order valence-electron chi connectivity index (χ0n) is 24.3. The van der Waals surface area contributed by atoms with E-state index in [4.69, 9.17) is 14.5 Å². The number of amides is 1. The van der Waals surface area contributed by atoms with E-state index in [0.717, 1.165) is 22.1 Å². The minimum atomic E-state index is -0.434. The van der Waals surface area contributed by atoms with E-state index in [1.54, 1.807) is 49.5 Å². The second-order valence-electron chi connectivity index (χ2n) is 10.2. The van der Waals surface area contributed by atoms with E-state index < -0.39 is 5.97 Å². The summed E-state index contributed by atoms with van der Waals surface area (Å²) in [7, 11) is 0. The first kappa shape index (κ1) is 29.2. The van der Waals surface area contributed by atoms with Gasteiger partial charge in [-0.25, -0.2) is 19.2 Å². The summed E-state index contributed by atoms with van der Waals surface area (Å²) in [6, 6.07) is 22.1. The molecule has 5 aromatic rings. The van der Waals surface area contributed by atoms with Crippen LogP contribution in [0, 0.1) is 12.7 Å². The van der Waals surface area contributed by atoms with E-state index in [9.17, 15) is 14.0 Å². The van der Waals surface area contributed by atoms with Crippen LogP contribution in [0.3, 0.4) is 0 Å². The Labute approximate surface area is 248 Å². The average Bonchev–Trinajstić information content (AvgIpc) is 2.98. The standard InChI is InChI=1S/C34H31FN4O4/c1-5-42-33(41)23-9-7-22(8-10-23)32(40)38-29-18-27(14-6-21(29)4)37-34-36-19-25-12-11-24(16-30(25)39-34)28-15-13-26(35)17-31(28)43-20(2)3/h6-20H,5H2,1-4H3,(H,38,40)(H,36,37,39). The van der Waals surface area contributed by atoms with Crippen LogP contribution >= 0.6 is 0 Å². The molecule has 0 aliphatic carbocycles. The number of esters is 1. The molecule has 5 rings (SSSR count). The largest absolute Gasteiger partial charge is 0.490 e. The second-order valence-corrected chi connectivity index (χ2v) is 10.2. The molecule has 0 saturated heterocycles. The molecule has 1 aromatic heterocycles. The number of hydrogen-bond acceptors (Lipinski definition) is 7. The molecule has 0 fully saturated rings. The Kier molecular flexibility index (Phi) is 8.61. The maximum atomic E-state index is 14.0. The van der Waals surface area contributed by atoms with Crippen LogP contribution in [-0.4, -0.2) is 34.6 Å². The summed E-state index contributed by atoms with van der Waals surface area (Å²) in [6.07, 6.45) is 1.61. The zero-order chi connectivity index (χ0) is 30.5. The third kappa shape index (κ3) is 6.95. The topological polar surface area (TPSA) is 102 Å². The lowest BCUT2D eigenvalue weighted by molar-refractivity contribution is 0.0526. The summed E-state index contributed by atoms with van der Waals surface area (Å²) in [5.74, 6) is -0.276. The van der Waals surface area contributed by atoms with Gasteiger partial charge in [-0.15, -0.1) is 0 Å². The Morgan fingerprint density at radius 3 is 2.44 bits per heavy atom. The van der Waals surface area contributed by atoms with Crippen LogP contribution in [0.5, 0.6) is 5.75 Å². The summed E-state index contributed by atoms with van der Waals surface area (Å²) in [5.41, 5.74) is 5.24. The van der Waals surface area contributed by atoms with Crippen LogP contribution in [0.1, 0.15) is 47.1 Å². The van der Waals surface area contributed by atoms with Gasteiger partial charge in [0.15, 0.2) is 0 Å². The summed E-state index contributed by atoms with van der Waals surface area (Å²) in [6.45, 7) is 7.70. The van der Waals surface area contributed by atoms with Gasteiger partial charge in [0.25, 0.3) is 5.91 Å². The number of aromatic nitrogens is 2. The summed E-state index contributed by atoms with van der Waals surface area (Å²) in [5, 5.41) is 6.98. The lowest BCUT2D eigenvalue weighted by Crippen LogP contribution is -2.13. The molecule has 0 atom stereocenters. The molecule has 0 unspecified atom stereocenters. The van der Waals surface area contributed by atoms with Crippen molar-refractivity contribution in [2.45, 2.75) is 33.8 Å². The number of nitrogens with one attached hydrogen (secondary N) is 2. The van der Waals surface area contributed by atoms with E-state index in [1.807, 2.05) is 51.1 Å². The van der Waals surface area contributed by atoms with Crippen molar-refractivity contribution in [2.24, 2.45) is 0 Å². The number of hydrogen-bond donors (Lipinski definition) is 2. The van der Waals surface area contributed by atoms with E-state index in [1.165, 1.54) is 12.1 Å². The van der Waals surface area contributed by atoms with Crippen LogP contribution in [0.2, 0.25) is 0 Å². The Bertz CT molecular complexity index is 1810. The molecule has 1 heterocycles. The number of ether oxygens (including phenoxy) is 2. The van der Waals surface area contributed by atoms with E-state index in [0.29, 0.717) is 39.7 Å². The SMILES string of the molecule is CCOC(=O)c1ccc(C(=O)Nc2cc(Nc3ncc4ccc(-c5ccc(F)cc5OC(C)C)cc4n3)ccc2C)cc1. The van der Waals surface area contributed by atoms with Crippen molar-refractivity contribution >= 4 is 40.1 Å². The van der Waals surface area contributed by atoms with Crippen molar-refractivity contribution in [3.05, 3.63) is 108 Å². The zero-order valence-corrected chi connectivity index (χ0v) is 24.3. The van der Waals surface area contributed by atoms with Crippen molar-refractivity contribution in [3.63, 3.8) is 0 Å². The lowest BCUT2D eigenvalue weighted by atomic mass is 10.0. The molecule has 0 radical (unpaired) electrons. The average molecular weight is 579 g/mol. The van der Waals surface area contributed by atoms with Crippen LogP contribution in [0.4, 0.5) is 21.7 Å². The highest BCUT2D eigenvalue weighted by molar-refractivity contribution is 6.05. The number of rotatable bonds is 9. The van der Waals surface area contributed by atoms with Crippen molar-refractivity contribution in [3.8, 4) is 16.9 Å². The normalized spacial score (nSPS) is 10.9. The number of carbonyl (C=O) groups excluding carboxylic acids is 2. The Balaban J connectivity index is 1.35. The van der Waals surface area contributed by atoms with Gasteiger partial charge in [-0.3, -0.25) is 4.79 Å². The predicted molar refractivity (Wildman–Crippen MR) is 166 cm³/mol. The van der Waals surface area contributed by atoms with Crippen LogP contribution in [-0.2, 0) is 4.74 Å². The quantitative estimate of drug-likeness (QED) is 0.173. The van der Waals surface area contributed by atoms with Crippen LogP contribution in [0.15, 0.2) is 85.1 Å². The third-order valence-electron chi connectivity index (χ3n) is 6.60. The van der Waals surface area contributed by atoms with Crippen LogP contribution in [0.25, 0.3) is 22.0 Å². The summed E-state index contributed by atoms with van der Waals surface area (Å²) < 4.78 is 24.8. The predicted octanol–water partition coefficient (Wildman–Crippen LogP) is 7.70. The molecular formula is C34H31FN4O4. The van der Waals surface area contributed by atoms with Crippen molar-refractivity contribution in [2.75, 3.05) is 17.2 Å². The van der Waals surface area contributed by atoms with Gasteiger partial charge in [-0.05, 0) is 93.4 Å². The number of nitrogens with zero attached hydrogens (tertiary/aromatic N) is 2. The van der Waals surface area contributed by atoms with E-state index >= 15 is 0 Å². The van der Waals surface area contributed by atoms with Crippen LogP contribution < -0.4 is 15.4 Å². The molecule has 0 aliphatic heterocycles. The third-order valence-corrected chi connectivity index (χ3v) is 6.60. The monoisotopic (exact) mass is 578 g/mol. The smallest absolute Gasteiger partial charge is 0.338 e. The van der Waals surface area contributed by atoms with Gasteiger partial charge >= 0.3 is 5.97 Å². The fourth-order valence-corrected chi connectivity index (χ4v) is 4.47. The van der Waals surface area contributed by atoms with Crippen molar-refractivity contribution in [1.82, 2.24) is 9.97 Å². The molecular weight excluding hydrogens is 547 g/mol. The molecule has 218 valence electrons. The molecule has 0 aliphatic rings. The molecule has 9 heteroatoms. The number of fused-ring (bicyclic) bond motifs is 1. The highest BCUT2D eigenvalue weighted by Crippen LogP contribution is 2.33. The van der Waals surface area contributed by atoms with Gasteiger partial charge in [0.2, 0.25) is 5.95 Å². The molecule has 43 heavy (non-hydrogen) atoms. The highest BCUT2D eigenvalue weighted by atomic mass is 19.1. The van der Waals surface area contributed by atoms with Gasteiger partial charge in [0.05, 0.1) is 23.8 Å². The first-order chi connectivity index (χ1) is 20.7. The molecule has 0 bridgehead atoms. The van der Waals surface area contributed by atoms with Gasteiger partial charge in [0.1, 0.15) is 11.6 Å². The fraction of sp³-hybridized carbons (Fsp3) is 0.176. The Morgan fingerprint density at radius 1 is 0.930 bits per heavy atom. The number of anilines is 3. The summed E-state index contributed by atoms with van der Waals surface area (Å²) >= 11 is 0. The molecule has 4 aromatic carbocycles. The molecule has 0 spiro atoms. The molecule has 1 amide bonds. The van der Waals surface area contributed by atoms with Gasteiger partial charge in [-0.1, -0.05) is 18.2 Å². The number of aryl methyl sites for hydroxylation is 1. The number of carbonyl (C=O) groups is 2. The maximum absolute atomic E-state index is 14.0. The molecule has 0 saturated carbocycles. The van der Waals surface area contributed by atoms with Crippen molar-refractivity contribution in [1.29, 1.82) is 0 Å². The first-order valence-corrected chi connectivity index (χ1v) is 13.9. The minimum absolute atomic E-state index is 0.111. The first-order valence-electron chi connectivity index (χ1n) is 13.9. The fourth-order valence-electron chi connectivity index (χ4n) is 4.47. The Morgan fingerprint density at radius 2 is 1.70 bits per heavy atom.